The molecule has 0 atom stereocenters. The van der Waals surface area contributed by atoms with Gasteiger partial charge in [-0.15, -0.1) is 5.10 Å². The SMILES string of the molecule is Cn1ccnc1-c1nnc(N)o1. The van der Waals surface area contributed by atoms with Crippen LogP contribution in [0.2, 0.25) is 0 Å². The molecular weight excluding hydrogens is 158 g/mol. The van der Waals surface area contributed by atoms with Crippen LogP contribution < -0.4 is 5.73 Å². The Balaban J connectivity index is 2.50. The van der Waals surface area contributed by atoms with Gasteiger partial charge in [0.25, 0.3) is 5.89 Å². The average molecular weight is 165 g/mol. The third kappa shape index (κ3) is 0.931. The fourth-order valence-electron chi connectivity index (χ4n) is 0.897. The van der Waals surface area contributed by atoms with Crippen molar-refractivity contribution in [1.82, 2.24) is 19.7 Å². The van der Waals surface area contributed by atoms with Crippen LogP contribution in [0.1, 0.15) is 0 Å². The molecule has 2 rings (SSSR count). The van der Waals surface area contributed by atoms with E-state index < -0.39 is 0 Å². The Labute approximate surface area is 68.0 Å². The van der Waals surface area contributed by atoms with Crippen LogP contribution in [0, 0.1) is 0 Å². The van der Waals surface area contributed by atoms with Gasteiger partial charge in [-0.3, -0.25) is 0 Å². The zero-order chi connectivity index (χ0) is 8.55. The number of aromatic nitrogens is 4. The molecule has 0 saturated carbocycles. The Morgan fingerprint density at radius 2 is 2.33 bits per heavy atom. The third-order valence-corrected chi connectivity index (χ3v) is 1.45. The number of hydrogen-bond donors (Lipinski definition) is 1. The quantitative estimate of drug-likeness (QED) is 0.645. The van der Waals surface area contributed by atoms with Crippen LogP contribution in [0.4, 0.5) is 6.01 Å². The Morgan fingerprint density at radius 1 is 1.50 bits per heavy atom. The van der Waals surface area contributed by atoms with E-state index in [1.165, 1.54) is 0 Å². The molecule has 6 nitrogen and oxygen atoms in total. The molecule has 62 valence electrons. The molecule has 0 aliphatic carbocycles. The van der Waals surface area contributed by atoms with Gasteiger partial charge in [0.1, 0.15) is 0 Å². The molecule has 0 aliphatic rings. The topological polar surface area (TPSA) is 82.8 Å². The molecule has 0 saturated heterocycles. The molecule has 6 heteroatoms. The van der Waals surface area contributed by atoms with E-state index in [1.807, 2.05) is 7.05 Å². The Bertz CT molecular complexity index is 390. The maximum absolute atomic E-state index is 5.26. The van der Waals surface area contributed by atoms with Gasteiger partial charge in [-0.05, 0) is 0 Å². The number of imidazole rings is 1. The molecule has 0 spiro atoms. The van der Waals surface area contributed by atoms with E-state index in [-0.39, 0.29) is 6.01 Å². The van der Waals surface area contributed by atoms with Crippen molar-refractivity contribution in [2.75, 3.05) is 5.73 Å². The largest absolute Gasteiger partial charge is 0.400 e. The van der Waals surface area contributed by atoms with Crippen LogP contribution in [0.25, 0.3) is 11.7 Å². The van der Waals surface area contributed by atoms with Gasteiger partial charge < -0.3 is 14.7 Å². The first-order valence-electron chi connectivity index (χ1n) is 3.34. The maximum atomic E-state index is 5.26. The summed E-state index contributed by atoms with van der Waals surface area (Å²) in [4.78, 5) is 4.01. The molecule has 2 aromatic heterocycles. The van der Waals surface area contributed by atoms with Crippen molar-refractivity contribution < 1.29 is 4.42 Å². The lowest BCUT2D eigenvalue weighted by Crippen LogP contribution is -1.90. The first-order valence-corrected chi connectivity index (χ1v) is 3.34. The standard InChI is InChI=1S/C6H7N5O/c1-11-3-2-8-4(11)5-9-10-6(7)12-5/h2-3H,1H3,(H2,7,10). The number of nitrogen functional groups attached to an aromatic ring is 1. The van der Waals surface area contributed by atoms with Crippen LogP contribution in [0.3, 0.4) is 0 Å². The molecule has 0 aliphatic heterocycles. The minimum atomic E-state index is 0.0491. The minimum absolute atomic E-state index is 0.0491. The van der Waals surface area contributed by atoms with Gasteiger partial charge in [0.05, 0.1) is 0 Å². The third-order valence-electron chi connectivity index (χ3n) is 1.45. The fraction of sp³-hybridized carbons (Fsp3) is 0.167. The number of hydrogen-bond acceptors (Lipinski definition) is 5. The van der Waals surface area contributed by atoms with Crippen LogP contribution in [-0.4, -0.2) is 19.7 Å². The number of nitrogens with two attached hydrogens (primary N) is 1. The summed E-state index contributed by atoms with van der Waals surface area (Å²) in [6.07, 6.45) is 3.44. The van der Waals surface area contributed by atoms with Crippen LogP contribution in [0.15, 0.2) is 16.8 Å². The van der Waals surface area contributed by atoms with E-state index >= 15 is 0 Å². The summed E-state index contributed by atoms with van der Waals surface area (Å²) >= 11 is 0. The second-order valence-corrected chi connectivity index (χ2v) is 2.31. The summed E-state index contributed by atoms with van der Waals surface area (Å²) in [7, 11) is 1.84. The lowest BCUT2D eigenvalue weighted by molar-refractivity contribution is 0.581. The predicted molar refractivity (Wildman–Crippen MR) is 40.9 cm³/mol. The smallest absolute Gasteiger partial charge is 0.313 e. The molecule has 2 N–H and O–H groups in total. The Hall–Kier alpha value is -1.85. The molecular formula is C6H7N5O. The van der Waals surface area contributed by atoms with Crippen LogP contribution >= 0.6 is 0 Å². The predicted octanol–water partition coefficient (Wildman–Crippen LogP) is 0.0523. The molecule has 0 bridgehead atoms. The van der Waals surface area contributed by atoms with Gasteiger partial charge >= 0.3 is 6.01 Å². The summed E-state index contributed by atoms with van der Waals surface area (Å²) in [5.41, 5.74) is 5.26. The van der Waals surface area contributed by atoms with Gasteiger partial charge in [-0.25, -0.2) is 4.98 Å². The van der Waals surface area contributed by atoms with Crippen molar-refractivity contribution in [3.63, 3.8) is 0 Å². The Morgan fingerprint density at radius 3 is 2.83 bits per heavy atom. The molecule has 0 unspecified atom stereocenters. The molecule has 0 radical (unpaired) electrons. The normalized spacial score (nSPS) is 10.4. The van der Waals surface area contributed by atoms with E-state index in [1.54, 1.807) is 17.0 Å². The van der Waals surface area contributed by atoms with Gasteiger partial charge in [0.2, 0.25) is 0 Å². The first-order chi connectivity index (χ1) is 5.77. The highest BCUT2D eigenvalue weighted by Gasteiger charge is 2.09. The monoisotopic (exact) mass is 165 g/mol. The fourth-order valence-corrected chi connectivity index (χ4v) is 0.897. The Kier molecular flexibility index (Phi) is 1.33. The highest BCUT2D eigenvalue weighted by atomic mass is 16.4. The lowest BCUT2D eigenvalue weighted by atomic mass is 10.6. The van der Waals surface area contributed by atoms with E-state index in [0.717, 1.165) is 0 Å². The second kappa shape index (κ2) is 2.33. The van der Waals surface area contributed by atoms with Crippen LogP contribution in [0.5, 0.6) is 0 Å². The number of rotatable bonds is 1. The maximum Gasteiger partial charge on any atom is 0.313 e. The highest BCUT2D eigenvalue weighted by Crippen LogP contribution is 2.14. The van der Waals surface area contributed by atoms with E-state index in [4.69, 9.17) is 10.2 Å². The zero-order valence-electron chi connectivity index (χ0n) is 6.43. The van der Waals surface area contributed by atoms with E-state index in [9.17, 15) is 0 Å². The van der Waals surface area contributed by atoms with E-state index in [2.05, 4.69) is 15.2 Å². The summed E-state index contributed by atoms with van der Waals surface area (Å²) in [6, 6.07) is 0.0491. The highest BCUT2D eigenvalue weighted by molar-refractivity contribution is 5.41. The molecule has 0 amide bonds. The summed E-state index contributed by atoms with van der Waals surface area (Å²) in [5, 5.41) is 7.22. The van der Waals surface area contributed by atoms with Crippen molar-refractivity contribution in [2.24, 2.45) is 7.05 Å². The van der Waals surface area contributed by atoms with Crippen molar-refractivity contribution >= 4 is 6.01 Å². The lowest BCUT2D eigenvalue weighted by Gasteiger charge is -1.92. The van der Waals surface area contributed by atoms with Gasteiger partial charge in [0.15, 0.2) is 5.82 Å². The van der Waals surface area contributed by atoms with Crippen molar-refractivity contribution in [3.8, 4) is 11.7 Å². The van der Waals surface area contributed by atoms with Crippen molar-refractivity contribution in [1.29, 1.82) is 0 Å². The molecule has 2 aromatic rings. The summed E-state index contributed by atoms with van der Waals surface area (Å²) in [5.74, 6) is 0.944. The molecule has 2 heterocycles. The number of aryl methyl sites for hydroxylation is 1. The van der Waals surface area contributed by atoms with Gasteiger partial charge in [0, 0.05) is 19.4 Å². The van der Waals surface area contributed by atoms with E-state index in [0.29, 0.717) is 11.7 Å². The van der Waals surface area contributed by atoms with Crippen LogP contribution in [-0.2, 0) is 7.05 Å². The van der Waals surface area contributed by atoms with Gasteiger partial charge in [-0.2, -0.15) is 0 Å². The summed E-state index contributed by atoms with van der Waals surface area (Å²) < 4.78 is 6.75. The molecule has 0 aromatic carbocycles. The molecule has 12 heavy (non-hydrogen) atoms. The van der Waals surface area contributed by atoms with Gasteiger partial charge in [-0.1, -0.05) is 5.10 Å². The summed E-state index contributed by atoms with van der Waals surface area (Å²) in [6.45, 7) is 0. The molecule has 0 fully saturated rings. The first kappa shape index (κ1) is 6.84. The average Bonchev–Trinajstić information content (AvgIpc) is 2.58. The number of anilines is 1. The minimum Gasteiger partial charge on any atom is -0.400 e. The second-order valence-electron chi connectivity index (χ2n) is 2.31. The number of nitrogens with zero attached hydrogens (tertiary/aromatic N) is 4. The van der Waals surface area contributed by atoms with Crippen molar-refractivity contribution in [3.05, 3.63) is 12.4 Å². The van der Waals surface area contributed by atoms with Crippen molar-refractivity contribution in [2.45, 2.75) is 0 Å². The zero-order valence-corrected chi connectivity index (χ0v) is 6.43.